The number of hydrogen-bond donors (Lipinski definition) is 1. The van der Waals surface area contributed by atoms with Crippen LogP contribution in [0, 0.1) is 0 Å². The molecule has 0 aromatic heterocycles. The summed E-state index contributed by atoms with van der Waals surface area (Å²) >= 11 is 0. The molecule has 2 aromatic carbocycles. The van der Waals surface area contributed by atoms with Crippen LogP contribution in [0.4, 0.5) is 0 Å². The number of rotatable bonds is 5. The Bertz CT molecular complexity index is 666. The maximum Gasteiger partial charge on any atom is 0.161 e. The van der Waals surface area contributed by atoms with Gasteiger partial charge in [-0.2, -0.15) is 0 Å². The van der Waals surface area contributed by atoms with Gasteiger partial charge in [-0.05, 0) is 42.9 Å². The van der Waals surface area contributed by atoms with Crippen LogP contribution in [0.2, 0.25) is 0 Å². The zero-order valence-corrected chi connectivity index (χ0v) is 14.3. The Hall–Kier alpha value is -1.97. The molecule has 2 unspecified atom stereocenters. The topological polar surface area (TPSA) is 46.3 Å². The summed E-state index contributed by atoms with van der Waals surface area (Å²) in [6.45, 7) is 2.48. The monoisotopic (exact) mass is 322 g/mol. The van der Waals surface area contributed by atoms with Crippen LogP contribution in [-0.4, -0.2) is 23.4 Å². The van der Waals surface area contributed by atoms with E-state index in [9.17, 15) is 4.79 Å². The summed E-state index contributed by atoms with van der Waals surface area (Å²) in [5.41, 5.74) is 10.0. The second-order valence-corrected chi connectivity index (χ2v) is 6.71. The zero-order chi connectivity index (χ0) is 16.9. The number of piperidine rings is 1. The lowest BCUT2D eigenvalue weighted by atomic mass is 9.93. The number of ketones is 1. The van der Waals surface area contributed by atoms with Crippen molar-refractivity contribution in [1.29, 1.82) is 0 Å². The van der Waals surface area contributed by atoms with E-state index in [2.05, 4.69) is 53.4 Å². The summed E-state index contributed by atoms with van der Waals surface area (Å²) in [6.07, 6.45) is 3.84. The van der Waals surface area contributed by atoms with E-state index in [1.54, 1.807) is 6.92 Å². The quantitative estimate of drug-likeness (QED) is 0.913. The van der Waals surface area contributed by atoms with E-state index in [-0.39, 0.29) is 11.8 Å². The maximum atomic E-state index is 11.7. The summed E-state index contributed by atoms with van der Waals surface area (Å²) in [4.78, 5) is 13.9. The third-order valence-electron chi connectivity index (χ3n) is 4.93. The highest BCUT2D eigenvalue weighted by molar-refractivity contribution is 5.80. The molecule has 3 rings (SSSR count). The minimum atomic E-state index is -0.487. The second-order valence-electron chi connectivity index (χ2n) is 6.71. The SMILES string of the molecule is CC(=O)C(N)N1CCCCC1c1ccc(Cc2ccccc2)cc1. The molecule has 2 aromatic rings. The number of nitrogens with two attached hydrogens (primary N) is 1. The predicted molar refractivity (Wildman–Crippen MR) is 97.6 cm³/mol. The Morgan fingerprint density at radius 1 is 1.08 bits per heavy atom. The van der Waals surface area contributed by atoms with Crippen LogP contribution in [0.3, 0.4) is 0 Å². The standard InChI is InChI=1S/C21H26N2O/c1-16(24)21(22)23-14-6-5-9-20(23)19-12-10-18(11-13-19)15-17-7-3-2-4-8-17/h2-4,7-8,10-13,20-21H,5-6,9,14-15,22H2,1H3. The van der Waals surface area contributed by atoms with Crippen LogP contribution in [0.1, 0.15) is 48.9 Å². The van der Waals surface area contributed by atoms with Gasteiger partial charge in [0.15, 0.2) is 5.78 Å². The van der Waals surface area contributed by atoms with Gasteiger partial charge in [-0.3, -0.25) is 9.69 Å². The molecule has 2 N–H and O–H groups in total. The molecule has 1 aliphatic rings. The van der Waals surface area contributed by atoms with Crippen molar-refractivity contribution in [2.45, 2.75) is 44.8 Å². The third kappa shape index (κ3) is 3.92. The molecule has 0 spiro atoms. The number of carbonyl (C=O) groups excluding carboxylic acids is 1. The van der Waals surface area contributed by atoms with Gasteiger partial charge >= 0.3 is 0 Å². The number of Topliss-reactive ketones (excluding diaryl/α,β-unsaturated/α-hetero) is 1. The Balaban J connectivity index is 1.75. The number of carbonyl (C=O) groups is 1. The van der Waals surface area contributed by atoms with Crippen molar-refractivity contribution < 1.29 is 4.79 Å². The Morgan fingerprint density at radius 2 is 1.75 bits per heavy atom. The fourth-order valence-corrected chi connectivity index (χ4v) is 3.57. The third-order valence-corrected chi connectivity index (χ3v) is 4.93. The second kappa shape index (κ2) is 7.73. The molecule has 0 saturated carbocycles. The summed E-state index contributed by atoms with van der Waals surface area (Å²) in [7, 11) is 0. The molecule has 1 fully saturated rings. The fraction of sp³-hybridized carbons (Fsp3) is 0.381. The molecule has 0 amide bonds. The van der Waals surface area contributed by atoms with Gasteiger partial charge < -0.3 is 5.73 Å². The van der Waals surface area contributed by atoms with Gasteiger partial charge in [-0.25, -0.2) is 0 Å². The molecular weight excluding hydrogens is 296 g/mol. The van der Waals surface area contributed by atoms with Crippen molar-refractivity contribution in [3.63, 3.8) is 0 Å². The van der Waals surface area contributed by atoms with Crippen molar-refractivity contribution in [2.75, 3.05) is 6.54 Å². The lowest BCUT2D eigenvalue weighted by Crippen LogP contribution is -2.50. The van der Waals surface area contributed by atoms with E-state index in [1.807, 2.05) is 6.07 Å². The molecule has 2 atom stereocenters. The first-order valence-corrected chi connectivity index (χ1v) is 8.79. The molecule has 1 aliphatic heterocycles. The molecule has 126 valence electrons. The van der Waals surface area contributed by atoms with E-state index in [0.717, 1.165) is 25.8 Å². The van der Waals surface area contributed by atoms with E-state index >= 15 is 0 Å². The van der Waals surface area contributed by atoms with Crippen LogP contribution < -0.4 is 5.73 Å². The minimum Gasteiger partial charge on any atom is -0.309 e. The van der Waals surface area contributed by atoms with Gasteiger partial charge in [-0.1, -0.05) is 61.0 Å². The van der Waals surface area contributed by atoms with E-state index in [4.69, 9.17) is 5.73 Å². The average molecular weight is 322 g/mol. The number of nitrogens with zero attached hydrogens (tertiary/aromatic N) is 1. The first-order chi connectivity index (χ1) is 11.6. The smallest absolute Gasteiger partial charge is 0.161 e. The molecule has 3 heteroatoms. The Morgan fingerprint density at radius 3 is 2.42 bits per heavy atom. The van der Waals surface area contributed by atoms with E-state index in [1.165, 1.54) is 23.1 Å². The van der Waals surface area contributed by atoms with Crippen LogP contribution in [0.25, 0.3) is 0 Å². The summed E-state index contributed by atoms with van der Waals surface area (Å²) in [5.74, 6) is 0.0441. The first kappa shape index (κ1) is 16.9. The van der Waals surface area contributed by atoms with Crippen LogP contribution in [0.15, 0.2) is 54.6 Å². The Kier molecular flexibility index (Phi) is 5.44. The lowest BCUT2D eigenvalue weighted by molar-refractivity contribution is -0.123. The van der Waals surface area contributed by atoms with Gasteiger partial charge in [0.1, 0.15) is 6.17 Å². The van der Waals surface area contributed by atoms with Crippen molar-refractivity contribution in [2.24, 2.45) is 5.73 Å². The van der Waals surface area contributed by atoms with E-state index in [0.29, 0.717) is 0 Å². The highest BCUT2D eigenvalue weighted by Crippen LogP contribution is 2.32. The van der Waals surface area contributed by atoms with Gasteiger partial charge in [0.05, 0.1) is 0 Å². The van der Waals surface area contributed by atoms with Crippen molar-refractivity contribution in [3.05, 3.63) is 71.3 Å². The highest BCUT2D eigenvalue weighted by atomic mass is 16.1. The lowest BCUT2D eigenvalue weighted by Gasteiger charge is -2.39. The Labute approximate surface area is 144 Å². The molecule has 24 heavy (non-hydrogen) atoms. The van der Waals surface area contributed by atoms with Crippen LogP contribution in [0.5, 0.6) is 0 Å². The zero-order valence-electron chi connectivity index (χ0n) is 14.3. The molecule has 0 aliphatic carbocycles. The molecule has 1 saturated heterocycles. The van der Waals surface area contributed by atoms with Crippen LogP contribution >= 0.6 is 0 Å². The van der Waals surface area contributed by atoms with Gasteiger partial charge in [0.2, 0.25) is 0 Å². The largest absolute Gasteiger partial charge is 0.309 e. The molecule has 0 bridgehead atoms. The predicted octanol–water partition coefficient (Wildman–Crippen LogP) is 3.68. The van der Waals surface area contributed by atoms with E-state index < -0.39 is 6.17 Å². The average Bonchev–Trinajstić information content (AvgIpc) is 2.62. The maximum absolute atomic E-state index is 11.7. The van der Waals surface area contributed by atoms with Crippen molar-refractivity contribution >= 4 is 5.78 Å². The summed E-state index contributed by atoms with van der Waals surface area (Å²) < 4.78 is 0. The summed E-state index contributed by atoms with van der Waals surface area (Å²) in [5, 5.41) is 0. The highest BCUT2D eigenvalue weighted by Gasteiger charge is 2.29. The summed E-state index contributed by atoms with van der Waals surface area (Å²) in [6, 6.07) is 19.6. The van der Waals surface area contributed by atoms with Crippen LogP contribution in [-0.2, 0) is 11.2 Å². The fourth-order valence-electron chi connectivity index (χ4n) is 3.57. The number of benzene rings is 2. The normalized spacial score (nSPS) is 19.8. The van der Waals surface area contributed by atoms with Gasteiger partial charge in [0, 0.05) is 12.6 Å². The number of likely N-dealkylation sites (tertiary alicyclic amines) is 1. The van der Waals surface area contributed by atoms with Crippen molar-refractivity contribution in [1.82, 2.24) is 4.90 Å². The van der Waals surface area contributed by atoms with Crippen molar-refractivity contribution in [3.8, 4) is 0 Å². The van der Waals surface area contributed by atoms with Gasteiger partial charge in [-0.15, -0.1) is 0 Å². The number of hydrogen-bond acceptors (Lipinski definition) is 3. The molecule has 1 heterocycles. The van der Waals surface area contributed by atoms with Gasteiger partial charge in [0.25, 0.3) is 0 Å². The molecular formula is C21H26N2O. The first-order valence-electron chi connectivity index (χ1n) is 8.79. The molecule has 0 radical (unpaired) electrons. The minimum absolute atomic E-state index is 0.0441. The molecule has 3 nitrogen and oxygen atoms in total.